The average Bonchev–Trinajstić information content (AvgIpc) is 2.39. The van der Waals surface area contributed by atoms with Crippen LogP contribution in [0.15, 0.2) is 23.1 Å². The van der Waals surface area contributed by atoms with Gasteiger partial charge in [-0.2, -0.15) is 0 Å². The fraction of sp³-hybridized carbons (Fsp3) is 0.385. The Morgan fingerprint density at radius 1 is 1.42 bits per heavy atom. The fourth-order valence-electron chi connectivity index (χ4n) is 1.41. The molecule has 1 aromatic rings. The van der Waals surface area contributed by atoms with Gasteiger partial charge in [0.1, 0.15) is 0 Å². The van der Waals surface area contributed by atoms with Gasteiger partial charge in [-0.15, -0.1) is 11.8 Å². The Hall–Kier alpha value is -1.20. The van der Waals surface area contributed by atoms with Crippen molar-refractivity contribution < 1.29 is 14.3 Å². The average molecular weight is 302 g/mol. The molecule has 0 fully saturated rings. The number of thioether (sulfide) groups is 1. The van der Waals surface area contributed by atoms with Crippen LogP contribution in [0.3, 0.4) is 0 Å². The van der Waals surface area contributed by atoms with E-state index < -0.39 is 0 Å². The maximum Gasteiger partial charge on any atom is 0.307 e. The summed E-state index contributed by atoms with van der Waals surface area (Å²) in [4.78, 5) is 24.0. The lowest BCUT2D eigenvalue weighted by molar-refractivity contribution is -0.142. The highest BCUT2D eigenvalue weighted by Gasteiger charge is 2.11. The zero-order valence-electron chi connectivity index (χ0n) is 10.9. The molecular weight excluding hydrogens is 286 g/mol. The number of rotatable bonds is 6. The number of carbonyl (C=O) groups is 2. The zero-order chi connectivity index (χ0) is 14.3. The van der Waals surface area contributed by atoms with Crippen LogP contribution in [0, 0.1) is 0 Å². The summed E-state index contributed by atoms with van der Waals surface area (Å²) >= 11 is 7.51. The molecule has 19 heavy (non-hydrogen) atoms. The molecule has 0 unspecified atom stereocenters. The van der Waals surface area contributed by atoms with E-state index in [4.69, 9.17) is 16.3 Å². The fourth-order valence-corrected chi connectivity index (χ4v) is 2.06. The molecule has 1 rings (SSSR count). The normalized spacial score (nSPS) is 10.1. The molecular formula is C13H16ClNO3S. The van der Waals surface area contributed by atoms with Crippen LogP contribution in [-0.2, 0) is 9.53 Å². The van der Waals surface area contributed by atoms with Gasteiger partial charge in [0.2, 0.25) is 0 Å². The van der Waals surface area contributed by atoms with Crippen molar-refractivity contribution in [2.24, 2.45) is 0 Å². The molecule has 4 nitrogen and oxygen atoms in total. The quantitative estimate of drug-likeness (QED) is 0.648. The minimum absolute atomic E-state index is 0.152. The van der Waals surface area contributed by atoms with Crippen molar-refractivity contribution in [1.29, 1.82) is 0 Å². The first kappa shape index (κ1) is 15.9. The van der Waals surface area contributed by atoms with E-state index in [0.29, 0.717) is 17.2 Å². The van der Waals surface area contributed by atoms with Gasteiger partial charge < -0.3 is 10.1 Å². The molecule has 0 bridgehead atoms. The maximum absolute atomic E-state index is 11.9. The molecule has 0 atom stereocenters. The Morgan fingerprint density at radius 2 is 2.16 bits per heavy atom. The highest BCUT2D eigenvalue weighted by Crippen LogP contribution is 2.22. The largest absolute Gasteiger partial charge is 0.466 e. The highest BCUT2D eigenvalue weighted by molar-refractivity contribution is 7.98. The Balaban J connectivity index is 2.56. The molecule has 104 valence electrons. The third-order valence-electron chi connectivity index (χ3n) is 2.34. The van der Waals surface area contributed by atoms with Crippen LogP contribution in [-0.4, -0.2) is 31.3 Å². The first-order valence-corrected chi connectivity index (χ1v) is 7.46. The highest BCUT2D eigenvalue weighted by atomic mass is 35.5. The van der Waals surface area contributed by atoms with Crippen LogP contribution in [0.2, 0.25) is 5.02 Å². The summed E-state index contributed by atoms with van der Waals surface area (Å²) in [6, 6.07) is 5.27. The summed E-state index contributed by atoms with van der Waals surface area (Å²) < 4.78 is 4.77. The second-order valence-corrected chi connectivity index (χ2v) is 4.94. The Morgan fingerprint density at radius 3 is 2.79 bits per heavy atom. The third kappa shape index (κ3) is 5.12. The van der Waals surface area contributed by atoms with Gasteiger partial charge in [-0.05, 0) is 31.4 Å². The molecule has 0 aliphatic rings. The van der Waals surface area contributed by atoms with Crippen molar-refractivity contribution in [2.45, 2.75) is 18.2 Å². The van der Waals surface area contributed by atoms with Crippen LogP contribution < -0.4 is 5.32 Å². The molecule has 0 aliphatic carbocycles. The van der Waals surface area contributed by atoms with Crippen molar-refractivity contribution in [3.05, 3.63) is 28.8 Å². The first-order chi connectivity index (χ1) is 9.08. The number of halogens is 1. The van der Waals surface area contributed by atoms with E-state index in [9.17, 15) is 9.59 Å². The van der Waals surface area contributed by atoms with E-state index in [1.165, 1.54) is 11.8 Å². The first-order valence-electron chi connectivity index (χ1n) is 5.85. The second-order valence-electron chi connectivity index (χ2n) is 3.66. The molecule has 0 heterocycles. The van der Waals surface area contributed by atoms with Crippen molar-refractivity contribution in [1.82, 2.24) is 5.32 Å². The van der Waals surface area contributed by atoms with Gasteiger partial charge in [-0.25, -0.2) is 0 Å². The molecule has 1 N–H and O–H groups in total. The molecule has 0 aliphatic heterocycles. The van der Waals surface area contributed by atoms with E-state index in [-0.39, 0.29) is 24.8 Å². The zero-order valence-corrected chi connectivity index (χ0v) is 12.4. The van der Waals surface area contributed by atoms with Gasteiger partial charge in [-0.1, -0.05) is 11.6 Å². The Labute approximate surface area is 121 Å². The monoisotopic (exact) mass is 301 g/mol. The van der Waals surface area contributed by atoms with E-state index in [2.05, 4.69) is 5.32 Å². The molecule has 0 aromatic heterocycles. The number of ether oxygens (including phenoxy) is 1. The number of hydrogen-bond acceptors (Lipinski definition) is 4. The van der Waals surface area contributed by atoms with Crippen molar-refractivity contribution >= 4 is 35.2 Å². The predicted molar refractivity (Wildman–Crippen MR) is 76.8 cm³/mol. The number of amides is 1. The molecule has 0 radical (unpaired) electrons. The standard InChI is InChI=1S/C13H16ClNO3S/c1-3-18-12(16)6-7-15-13(17)10-8-9(19-2)4-5-11(10)14/h4-5,8H,3,6-7H2,1-2H3,(H,15,17). The van der Waals surface area contributed by atoms with E-state index >= 15 is 0 Å². The number of hydrogen-bond donors (Lipinski definition) is 1. The molecule has 1 amide bonds. The van der Waals surface area contributed by atoms with Gasteiger partial charge in [0.25, 0.3) is 5.91 Å². The molecule has 1 aromatic carbocycles. The van der Waals surface area contributed by atoms with Crippen LogP contribution in [0.1, 0.15) is 23.7 Å². The van der Waals surface area contributed by atoms with Crippen LogP contribution in [0.5, 0.6) is 0 Å². The van der Waals surface area contributed by atoms with Gasteiger partial charge in [-0.3, -0.25) is 9.59 Å². The van der Waals surface area contributed by atoms with Gasteiger partial charge in [0.05, 0.1) is 23.6 Å². The third-order valence-corrected chi connectivity index (χ3v) is 3.39. The molecule has 0 saturated carbocycles. The van der Waals surface area contributed by atoms with Gasteiger partial charge in [0.15, 0.2) is 0 Å². The summed E-state index contributed by atoms with van der Waals surface area (Å²) in [6.45, 7) is 2.32. The SMILES string of the molecule is CCOC(=O)CCNC(=O)c1cc(SC)ccc1Cl. The van der Waals surface area contributed by atoms with Crippen molar-refractivity contribution in [3.63, 3.8) is 0 Å². The lowest BCUT2D eigenvalue weighted by Gasteiger charge is -2.08. The number of benzene rings is 1. The number of carbonyl (C=O) groups excluding carboxylic acids is 2. The summed E-state index contributed by atoms with van der Waals surface area (Å²) in [5.74, 6) is -0.614. The van der Waals surface area contributed by atoms with Gasteiger partial charge >= 0.3 is 5.97 Å². The minimum Gasteiger partial charge on any atom is -0.466 e. The summed E-state index contributed by atoms with van der Waals surface area (Å²) in [6.07, 6.45) is 2.07. The second kappa shape index (κ2) is 8.07. The van der Waals surface area contributed by atoms with Gasteiger partial charge in [0, 0.05) is 11.4 Å². The molecule has 0 saturated heterocycles. The summed E-state index contributed by atoms with van der Waals surface area (Å²) in [5.41, 5.74) is 0.414. The minimum atomic E-state index is -0.327. The van der Waals surface area contributed by atoms with E-state index in [1.807, 2.05) is 12.3 Å². The van der Waals surface area contributed by atoms with Crippen molar-refractivity contribution in [2.75, 3.05) is 19.4 Å². The van der Waals surface area contributed by atoms with Crippen LogP contribution in [0.25, 0.3) is 0 Å². The number of nitrogens with one attached hydrogen (secondary N) is 1. The topological polar surface area (TPSA) is 55.4 Å². The molecule has 0 spiro atoms. The Bertz CT molecular complexity index is 465. The van der Waals surface area contributed by atoms with Crippen molar-refractivity contribution in [3.8, 4) is 0 Å². The predicted octanol–water partition coefficient (Wildman–Crippen LogP) is 2.74. The van der Waals surface area contributed by atoms with Crippen LogP contribution in [0.4, 0.5) is 0 Å². The lowest BCUT2D eigenvalue weighted by Crippen LogP contribution is -2.26. The maximum atomic E-state index is 11.9. The smallest absolute Gasteiger partial charge is 0.307 e. The van der Waals surface area contributed by atoms with E-state index in [0.717, 1.165) is 4.90 Å². The summed E-state index contributed by atoms with van der Waals surface area (Å²) in [7, 11) is 0. The number of esters is 1. The van der Waals surface area contributed by atoms with Crippen LogP contribution >= 0.6 is 23.4 Å². The Kier molecular flexibility index (Phi) is 6.73. The summed E-state index contributed by atoms with van der Waals surface area (Å²) in [5, 5.41) is 3.04. The van der Waals surface area contributed by atoms with E-state index in [1.54, 1.807) is 19.1 Å². The lowest BCUT2D eigenvalue weighted by atomic mass is 10.2. The molecule has 6 heteroatoms.